The van der Waals surface area contributed by atoms with Crippen molar-refractivity contribution < 1.29 is 4.79 Å². The molecule has 1 saturated heterocycles. The number of amides is 2. The van der Waals surface area contributed by atoms with Crippen molar-refractivity contribution in [1.29, 1.82) is 0 Å². The summed E-state index contributed by atoms with van der Waals surface area (Å²) in [5, 5.41) is 12.4. The summed E-state index contributed by atoms with van der Waals surface area (Å²) >= 11 is 0. The molecule has 1 atom stereocenters. The minimum absolute atomic E-state index is 0. The Bertz CT molecular complexity index is 635. The molecule has 1 unspecified atom stereocenters. The topological polar surface area (TPSA) is 80.8 Å². The number of carbonyl (C=O) groups is 1. The van der Waals surface area contributed by atoms with Crippen LogP contribution in [-0.2, 0) is 6.54 Å². The van der Waals surface area contributed by atoms with Gasteiger partial charge in [0.1, 0.15) is 0 Å². The molecule has 2 rings (SSSR count). The zero-order chi connectivity index (χ0) is 20.4. The molecule has 0 saturated carbocycles. The van der Waals surface area contributed by atoms with Crippen molar-refractivity contribution >= 4 is 41.7 Å². The van der Waals surface area contributed by atoms with E-state index < -0.39 is 0 Å². The number of nitrogens with zero attached hydrogens (tertiary/aromatic N) is 2. The molecular weight excluding hydrogens is 479 g/mol. The van der Waals surface area contributed by atoms with Gasteiger partial charge < -0.3 is 21.3 Å². The Hall–Kier alpha value is -1.55. The van der Waals surface area contributed by atoms with Crippen LogP contribution in [0.5, 0.6) is 0 Å². The number of hydrogen-bond donors (Lipinski definition) is 4. The number of benzene rings is 1. The summed E-state index contributed by atoms with van der Waals surface area (Å²) in [6, 6.07) is 8.32. The lowest BCUT2D eigenvalue weighted by molar-refractivity contribution is 0.250. The molecule has 1 heterocycles. The molecule has 0 aromatic heterocycles. The number of carbonyl (C=O) groups excluding carboxylic acids is 1. The fourth-order valence-corrected chi connectivity index (χ4v) is 3.39. The van der Waals surface area contributed by atoms with Crippen LogP contribution in [0.15, 0.2) is 29.3 Å². The van der Waals surface area contributed by atoms with Gasteiger partial charge in [-0.2, -0.15) is 0 Å². The van der Waals surface area contributed by atoms with Crippen molar-refractivity contribution in [3.8, 4) is 0 Å². The highest BCUT2D eigenvalue weighted by Gasteiger charge is 2.22. The van der Waals surface area contributed by atoms with E-state index in [1.165, 1.54) is 19.4 Å². The van der Waals surface area contributed by atoms with E-state index in [1.807, 2.05) is 38.1 Å². The van der Waals surface area contributed by atoms with Crippen LogP contribution < -0.4 is 21.3 Å². The minimum Gasteiger partial charge on any atom is -0.357 e. The molecule has 164 valence electrons. The standard InChI is InChI=1S/C21H36N6O.HI/c1-5-22-20(24-15-19-8-7-13-27(19)6-2)23-14-17-9-11-18(12-10-17)26-21(28)25-16(3)4;/h9-12,16,19H,5-8,13-15H2,1-4H3,(H2,22,23,24)(H2,25,26,28);1H. The van der Waals surface area contributed by atoms with Gasteiger partial charge in [0.25, 0.3) is 0 Å². The molecule has 4 N–H and O–H groups in total. The van der Waals surface area contributed by atoms with Crippen molar-refractivity contribution in [3.63, 3.8) is 0 Å². The van der Waals surface area contributed by atoms with E-state index in [0.717, 1.165) is 36.8 Å². The number of likely N-dealkylation sites (N-methyl/N-ethyl adjacent to an activating group) is 1. The predicted molar refractivity (Wildman–Crippen MR) is 132 cm³/mol. The molecule has 0 radical (unpaired) electrons. The molecule has 1 fully saturated rings. The molecule has 29 heavy (non-hydrogen) atoms. The van der Waals surface area contributed by atoms with Gasteiger partial charge >= 0.3 is 6.03 Å². The Labute approximate surface area is 192 Å². The average Bonchev–Trinajstić information content (AvgIpc) is 3.12. The minimum atomic E-state index is -0.188. The van der Waals surface area contributed by atoms with Crippen molar-refractivity contribution in [2.75, 3.05) is 31.5 Å². The fraction of sp³-hybridized carbons (Fsp3) is 0.619. The van der Waals surface area contributed by atoms with Crippen LogP contribution >= 0.6 is 24.0 Å². The summed E-state index contributed by atoms with van der Waals surface area (Å²) in [5.74, 6) is 0.851. The van der Waals surface area contributed by atoms with Gasteiger partial charge in [-0.1, -0.05) is 19.1 Å². The number of anilines is 1. The number of halogens is 1. The first-order valence-corrected chi connectivity index (χ1v) is 10.4. The van der Waals surface area contributed by atoms with E-state index in [9.17, 15) is 4.79 Å². The molecule has 2 amide bonds. The Morgan fingerprint density at radius 3 is 2.55 bits per heavy atom. The fourth-order valence-electron chi connectivity index (χ4n) is 3.39. The summed E-state index contributed by atoms with van der Waals surface area (Å²) in [5.41, 5.74) is 1.87. The molecule has 8 heteroatoms. The largest absolute Gasteiger partial charge is 0.357 e. The second-order valence-electron chi connectivity index (χ2n) is 7.45. The maximum Gasteiger partial charge on any atom is 0.319 e. The number of rotatable bonds is 8. The van der Waals surface area contributed by atoms with Gasteiger partial charge in [-0.25, -0.2) is 9.79 Å². The van der Waals surface area contributed by atoms with E-state index in [4.69, 9.17) is 4.99 Å². The van der Waals surface area contributed by atoms with Gasteiger partial charge in [-0.3, -0.25) is 4.90 Å². The van der Waals surface area contributed by atoms with Crippen molar-refractivity contribution in [3.05, 3.63) is 29.8 Å². The third-order valence-corrected chi connectivity index (χ3v) is 4.81. The number of hydrogen-bond acceptors (Lipinski definition) is 3. The highest BCUT2D eigenvalue weighted by atomic mass is 127. The molecule has 1 aliphatic heterocycles. The summed E-state index contributed by atoms with van der Waals surface area (Å²) in [6.45, 7) is 12.8. The summed E-state index contributed by atoms with van der Waals surface area (Å²) in [6.07, 6.45) is 2.53. The number of aliphatic imine (C=N–C) groups is 1. The van der Waals surface area contributed by atoms with Crippen molar-refractivity contribution in [1.82, 2.24) is 20.9 Å². The first kappa shape index (κ1) is 25.5. The first-order valence-electron chi connectivity index (χ1n) is 10.4. The van der Waals surface area contributed by atoms with E-state index in [-0.39, 0.29) is 36.0 Å². The van der Waals surface area contributed by atoms with E-state index in [2.05, 4.69) is 40.0 Å². The Kier molecular flexibility index (Phi) is 12.0. The quantitative estimate of drug-likeness (QED) is 0.243. The van der Waals surface area contributed by atoms with Gasteiger partial charge in [-0.05, 0) is 64.4 Å². The first-order chi connectivity index (χ1) is 13.5. The summed E-state index contributed by atoms with van der Waals surface area (Å²) in [7, 11) is 0. The van der Waals surface area contributed by atoms with Crippen LogP contribution in [0, 0.1) is 0 Å². The maximum absolute atomic E-state index is 11.8. The van der Waals surface area contributed by atoms with Gasteiger partial charge in [-0.15, -0.1) is 24.0 Å². The molecule has 7 nitrogen and oxygen atoms in total. The van der Waals surface area contributed by atoms with Crippen LogP contribution in [0.4, 0.5) is 10.5 Å². The predicted octanol–water partition coefficient (Wildman–Crippen LogP) is 3.37. The maximum atomic E-state index is 11.8. The number of guanidine groups is 1. The molecule has 0 aliphatic carbocycles. The van der Waals surface area contributed by atoms with Crippen molar-refractivity contribution in [2.45, 2.75) is 59.2 Å². The highest BCUT2D eigenvalue weighted by molar-refractivity contribution is 14.0. The second-order valence-corrected chi connectivity index (χ2v) is 7.45. The van der Waals surface area contributed by atoms with Crippen LogP contribution in [0.25, 0.3) is 0 Å². The molecular formula is C21H37IN6O. The molecule has 1 aromatic carbocycles. The van der Waals surface area contributed by atoms with E-state index in [0.29, 0.717) is 12.6 Å². The zero-order valence-electron chi connectivity index (χ0n) is 18.1. The van der Waals surface area contributed by atoms with Crippen molar-refractivity contribution in [2.24, 2.45) is 4.99 Å². The lowest BCUT2D eigenvalue weighted by Crippen LogP contribution is -2.44. The Morgan fingerprint density at radius 1 is 1.21 bits per heavy atom. The highest BCUT2D eigenvalue weighted by Crippen LogP contribution is 2.15. The van der Waals surface area contributed by atoms with Crippen LogP contribution in [-0.4, -0.2) is 55.2 Å². The van der Waals surface area contributed by atoms with Gasteiger partial charge in [0.05, 0.1) is 6.54 Å². The normalized spacial score (nSPS) is 17.0. The van der Waals surface area contributed by atoms with E-state index >= 15 is 0 Å². The number of nitrogens with one attached hydrogen (secondary N) is 4. The molecule has 1 aliphatic rings. The van der Waals surface area contributed by atoms with Crippen LogP contribution in [0.3, 0.4) is 0 Å². The second kappa shape index (κ2) is 13.6. The van der Waals surface area contributed by atoms with Gasteiger partial charge in [0, 0.05) is 30.9 Å². The average molecular weight is 516 g/mol. The monoisotopic (exact) mass is 516 g/mol. The molecule has 1 aromatic rings. The molecule has 0 bridgehead atoms. The van der Waals surface area contributed by atoms with Gasteiger partial charge in [0.2, 0.25) is 0 Å². The lowest BCUT2D eigenvalue weighted by atomic mass is 10.2. The third kappa shape index (κ3) is 9.20. The number of urea groups is 1. The Balaban J connectivity index is 0.00000420. The van der Waals surface area contributed by atoms with Crippen LogP contribution in [0.1, 0.15) is 46.1 Å². The van der Waals surface area contributed by atoms with Gasteiger partial charge in [0.15, 0.2) is 5.96 Å². The molecule has 0 spiro atoms. The zero-order valence-corrected chi connectivity index (χ0v) is 20.5. The number of likely N-dealkylation sites (tertiary alicyclic amines) is 1. The smallest absolute Gasteiger partial charge is 0.319 e. The lowest BCUT2D eigenvalue weighted by Gasteiger charge is -2.24. The Morgan fingerprint density at radius 2 is 1.93 bits per heavy atom. The summed E-state index contributed by atoms with van der Waals surface area (Å²) in [4.78, 5) is 19.0. The SMILES string of the molecule is CCNC(=NCc1ccc(NC(=O)NC(C)C)cc1)NCC1CCCN1CC.I. The summed E-state index contributed by atoms with van der Waals surface area (Å²) < 4.78 is 0. The third-order valence-electron chi connectivity index (χ3n) is 4.81. The van der Waals surface area contributed by atoms with Crippen LogP contribution in [0.2, 0.25) is 0 Å². The van der Waals surface area contributed by atoms with E-state index in [1.54, 1.807) is 0 Å².